The summed E-state index contributed by atoms with van der Waals surface area (Å²) in [6.07, 6.45) is 0. The highest BCUT2D eigenvalue weighted by Crippen LogP contribution is 2.63. The normalized spacial score (nSPS) is 18.0. The lowest BCUT2D eigenvalue weighted by atomic mass is 9.77. The molecule has 2 heterocycles. The first-order chi connectivity index (χ1) is 14.4. The van der Waals surface area contributed by atoms with Crippen LogP contribution < -0.4 is 4.74 Å². The molecule has 0 radical (unpaired) electrons. The van der Waals surface area contributed by atoms with Crippen LogP contribution in [0.15, 0.2) is 56.4 Å². The van der Waals surface area contributed by atoms with E-state index in [9.17, 15) is 15.0 Å². The number of isothiocyanates is 1. The Morgan fingerprint density at radius 2 is 1.83 bits per heavy atom. The van der Waals surface area contributed by atoms with Gasteiger partial charge in [-0.05, 0) is 62.3 Å². The predicted molar refractivity (Wildman–Crippen MR) is 118 cm³/mol. The lowest BCUT2D eigenvalue weighted by Crippen LogP contribution is -2.33. The fourth-order valence-electron chi connectivity index (χ4n) is 3.94. The van der Waals surface area contributed by atoms with E-state index in [1.165, 1.54) is 12.1 Å². The highest BCUT2D eigenvalue weighted by atomic mass is 79.9. The Morgan fingerprint density at radius 1 is 1.07 bits per heavy atom. The Balaban J connectivity index is 2.01. The van der Waals surface area contributed by atoms with Crippen molar-refractivity contribution in [1.82, 2.24) is 0 Å². The number of phenols is 2. The number of phenolic OH excluding ortho intramolecular Hbond substituents is 2. The van der Waals surface area contributed by atoms with Gasteiger partial charge in [-0.3, -0.25) is 0 Å². The third-order valence-electron chi connectivity index (χ3n) is 5.12. The minimum absolute atomic E-state index is 0.0175. The van der Waals surface area contributed by atoms with E-state index >= 15 is 0 Å². The van der Waals surface area contributed by atoms with Crippen molar-refractivity contribution in [3.8, 4) is 23.0 Å². The van der Waals surface area contributed by atoms with Crippen LogP contribution in [0.3, 0.4) is 0 Å². The van der Waals surface area contributed by atoms with E-state index in [0.29, 0.717) is 26.7 Å². The number of rotatable bonds is 1. The van der Waals surface area contributed by atoms with Crippen molar-refractivity contribution in [2.45, 2.75) is 5.60 Å². The van der Waals surface area contributed by atoms with Crippen molar-refractivity contribution < 1.29 is 24.5 Å². The average Bonchev–Trinajstić information content (AvgIpc) is 3.02. The summed E-state index contributed by atoms with van der Waals surface area (Å²) in [5.41, 5.74) is 0.561. The lowest BCUT2D eigenvalue weighted by Gasteiger charge is -2.38. The molecular weight excluding hydrogens is 538 g/mol. The van der Waals surface area contributed by atoms with Crippen LogP contribution in [0.25, 0.3) is 0 Å². The van der Waals surface area contributed by atoms with Crippen molar-refractivity contribution in [2.24, 2.45) is 4.99 Å². The van der Waals surface area contributed by atoms with Crippen molar-refractivity contribution in [3.05, 3.63) is 73.7 Å². The molecule has 0 fully saturated rings. The number of carbonyl (C=O) groups excluding carboxylic acids is 1. The van der Waals surface area contributed by atoms with E-state index < -0.39 is 11.6 Å². The van der Waals surface area contributed by atoms with Crippen molar-refractivity contribution in [1.29, 1.82) is 0 Å². The van der Waals surface area contributed by atoms with E-state index in [4.69, 9.17) is 21.7 Å². The Morgan fingerprint density at radius 3 is 2.60 bits per heavy atom. The quantitative estimate of drug-likeness (QED) is 0.223. The minimum atomic E-state index is -1.40. The number of aromatic hydroxyl groups is 2. The first-order valence-electron chi connectivity index (χ1n) is 8.56. The van der Waals surface area contributed by atoms with Gasteiger partial charge in [0.2, 0.25) is 0 Å². The molecular formula is C21H9Br2NO5S. The van der Waals surface area contributed by atoms with Gasteiger partial charge in [-0.2, -0.15) is 4.99 Å². The summed E-state index contributed by atoms with van der Waals surface area (Å²) in [4.78, 5) is 16.8. The third kappa shape index (κ3) is 2.37. The Kier molecular flexibility index (Phi) is 4.27. The van der Waals surface area contributed by atoms with Crippen LogP contribution in [0, 0.1) is 0 Å². The summed E-state index contributed by atoms with van der Waals surface area (Å²) in [6, 6.07) is 11.6. The number of benzene rings is 3. The molecule has 6 nitrogen and oxygen atoms in total. The molecule has 0 aliphatic carbocycles. The molecule has 30 heavy (non-hydrogen) atoms. The van der Waals surface area contributed by atoms with Gasteiger partial charge in [0.15, 0.2) is 22.8 Å². The van der Waals surface area contributed by atoms with Gasteiger partial charge in [-0.25, -0.2) is 4.79 Å². The van der Waals surface area contributed by atoms with Crippen molar-refractivity contribution >= 4 is 60.9 Å². The third-order valence-corrected chi connectivity index (χ3v) is 7.31. The summed E-state index contributed by atoms with van der Waals surface area (Å²) >= 11 is 11.6. The van der Waals surface area contributed by atoms with Crippen LogP contribution in [-0.4, -0.2) is 21.3 Å². The first kappa shape index (κ1) is 19.3. The Bertz CT molecular complexity index is 1340. The maximum absolute atomic E-state index is 12.9. The molecule has 3 aromatic carbocycles. The number of fused-ring (bicyclic) bond motifs is 6. The number of nitrogens with zero attached hydrogens (tertiary/aromatic N) is 1. The second-order valence-electron chi connectivity index (χ2n) is 6.63. The van der Waals surface area contributed by atoms with Crippen molar-refractivity contribution in [3.63, 3.8) is 0 Å². The topological polar surface area (TPSA) is 88.4 Å². The average molecular weight is 547 g/mol. The molecule has 5 rings (SSSR count). The number of halogens is 2. The predicted octanol–water partition coefficient (Wildman–Crippen LogP) is 5.93. The molecule has 0 saturated carbocycles. The Hall–Kier alpha value is -2.71. The molecule has 148 valence electrons. The van der Waals surface area contributed by atoms with Gasteiger partial charge < -0.3 is 19.7 Å². The molecule has 2 aliphatic heterocycles. The first-order valence-corrected chi connectivity index (χ1v) is 10.6. The molecule has 0 bridgehead atoms. The van der Waals surface area contributed by atoms with E-state index in [-0.39, 0.29) is 33.2 Å². The van der Waals surface area contributed by atoms with Gasteiger partial charge in [0.25, 0.3) is 0 Å². The summed E-state index contributed by atoms with van der Waals surface area (Å²) in [5.74, 6) is -0.392. The molecule has 0 amide bonds. The van der Waals surface area contributed by atoms with E-state index in [0.717, 1.165) is 0 Å². The van der Waals surface area contributed by atoms with Crippen LogP contribution >= 0.6 is 44.1 Å². The molecule has 1 spiro atoms. The maximum Gasteiger partial charge on any atom is 0.340 e. The molecule has 0 aromatic heterocycles. The molecule has 2 N–H and O–H groups in total. The molecule has 2 aliphatic rings. The standard InChI is InChI=1S/C21H9Br2NO5S/c22-15-14-19(17(24-8-30)18(26)16(15)23)28-13-7-9(25)5-6-12(13)21(14)11-4-2-1-3-10(11)20(27)29-21/h1-7,25-26H. The molecule has 3 aromatic rings. The summed E-state index contributed by atoms with van der Waals surface area (Å²) in [7, 11) is 0. The van der Waals surface area contributed by atoms with Crippen LogP contribution in [0.1, 0.15) is 27.0 Å². The highest BCUT2D eigenvalue weighted by Gasteiger charge is 2.55. The van der Waals surface area contributed by atoms with Gasteiger partial charge in [0.05, 0.1) is 20.8 Å². The second kappa shape index (κ2) is 6.65. The molecule has 0 saturated heterocycles. The number of carbonyl (C=O) groups is 1. The summed E-state index contributed by atoms with van der Waals surface area (Å²) in [5, 5.41) is 22.9. The summed E-state index contributed by atoms with van der Waals surface area (Å²) in [6.45, 7) is 0. The largest absolute Gasteiger partial charge is 0.508 e. The van der Waals surface area contributed by atoms with Gasteiger partial charge in [-0.15, -0.1) is 0 Å². The summed E-state index contributed by atoms with van der Waals surface area (Å²) < 4.78 is 12.8. The van der Waals surface area contributed by atoms with Crippen LogP contribution in [0.5, 0.6) is 23.0 Å². The smallest absolute Gasteiger partial charge is 0.340 e. The number of ether oxygens (including phenoxy) is 2. The number of hydrogen-bond donors (Lipinski definition) is 2. The van der Waals surface area contributed by atoms with E-state index in [1.807, 2.05) is 0 Å². The fraction of sp³-hybridized carbons (Fsp3) is 0.0476. The maximum atomic E-state index is 12.9. The second-order valence-corrected chi connectivity index (χ2v) is 8.40. The zero-order valence-electron chi connectivity index (χ0n) is 14.8. The zero-order valence-corrected chi connectivity index (χ0v) is 18.8. The van der Waals surface area contributed by atoms with Gasteiger partial charge in [0.1, 0.15) is 11.5 Å². The number of thiocarbonyl (C=S) groups is 1. The molecule has 1 atom stereocenters. The highest BCUT2D eigenvalue weighted by molar-refractivity contribution is 9.13. The fourth-order valence-corrected chi connectivity index (χ4v) is 5.06. The SMILES string of the molecule is O=C1OC2(c3ccc(O)cc3Oc3c(N=C=S)c(O)c(Br)c(Br)c32)c2ccccc21. The zero-order chi connectivity index (χ0) is 21.2. The number of esters is 1. The van der Waals surface area contributed by atoms with Crippen LogP contribution in [0.2, 0.25) is 0 Å². The molecule has 9 heteroatoms. The van der Waals surface area contributed by atoms with Crippen LogP contribution in [0.4, 0.5) is 5.69 Å². The van der Waals surface area contributed by atoms with E-state index in [2.05, 4.69) is 42.0 Å². The monoisotopic (exact) mass is 545 g/mol. The van der Waals surface area contributed by atoms with Crippen molar-refractivity contribution in [2.75, 3.05) is 0 Å². The number of aliphatic imine (C=N–C) groups is 1. The minimum Gasteiger partial charge on any atom is -0.508 e. The van der Waals surface area contributed by atoms with Gasteiger partial charge in [-0.1, -0.05) is 18.2 Å². The lowest BCUT2D eigenvalue weighted by molar-refractivity contribution is 0.0222. The number of hydrogen-bond acceptors (Lipinski definition) is 7. The van der Waals surface area contributed by atoms with Gasteiger partial charge in [0, 0.05) is 21.7 Å². The van der Waals surface area contributed by atoms with Gasteiger partial charge >= 0.3 is 5.97 Å². The Labute approximate surface area is 192 Å². The van der Waals surface area contributed by atoms with E-state index in [1.54, 1.807) is 30.3 Å². The van der Waals surface area contributed by atoms with Crippen LogP contribution in [-0.2, 0) is 10.3 Å². The molecule has 1 unspecified atom stereocenters.